The number of hydrogen-bond donors (Lipinski definition) is 2. The van der Waals surface area contributed by atoms with Crippen LogP contribution in [0.2, 0.25) is 5.02 Å². The molecular formula is C28H34ClN7O3. The predicted octanol–water partition coefficient (Wildman–Crippen LogP) is 4.37. The second-order valence-electron chi connectivity index (χ2n) is 9.85. The number of amides is 1. The normalized spacial score (nSPS) is 17.4. The van der Waals surface area contributed by atoms with Crippen molar-refractivity contribution >= 4 is 46.3 Å². The highest BCUT2D eigenvalue weighted by Gasteiger charge is 2.28. The Morgan fingerprint density at radius 1 is 1.13 bits per heavy atom. The molecule has 3 aromatic rings. The zero-order chi connectivity index (χ0) is 27.5. The number of carbonyl (C=O) groups excluding carboxylic acids is 1. The van der Waals surface area contributed by atoms with Crippen molar-refractivity contribution in [2.45, 2.75) is 19.5 Å². The van der Waals surface area contributed by atoms with Crippen LogP contribution in [0, 0.1) is 0 Å². The van der Waals surface area contributed by atoms with Crippen molar-refractivity contribution in [1.29, 1.82) is 0 Å². The maximum Gasteiger partial charge on any atom is 0.256 e. The summed E-state index contributed by atoms with van der Waals surface area (Å²) in [6, 6.07) is 12.2. The van der Waals surface area contributed by atoms with Crippen LogP contribution < -0.4 is 20.3 Å². The van der Waals surface area contributed by atoms with Crippen molar-refractivity contribution in [2.24, 2.45) is 0 Å². The van der Waals surface area contributed by atoms with Crippen molar-refractivity contribution in [3.8, 4) is 5.75 Å². The van der Waals surface area contributed by atoms with Gasteiger partial charge in [-0.2, -0.15) is 4.98 Å². The van der Waals surface area contributed by atoms with Crippen LogP contribution in [0.15, 0.2) is 42.6 Å². The zero-order valence-electron chi connectivity index (χ0n) is 22.7. The van der Waals surface area contributed by atoms with Gasteiger partial charge >= 0.3 is 0 Å². The van der Waals surface area contributed by atoms with Crippen LogP contribution in [0.25, 0.3) is 0 Å². The molecule has 0 spiro atoms. The monoisotopic (exact) mass is 551 g/mol. The summed E-state index contributed by atoms with van der Waals surface area (Å²) < 4.78 is 11.0. The van der Waals surface area contributed by atoms with Gasteiger partial charge < -0.3 is 29.9 Å². The number of methoxy groups -OCH3 is 2. The Kier molecular flexibility index (Phi) is 8.06. The Balaban J connectivity index is 1.32. The van der Waals surface area contributed by atoms with Gasteiger partial charge in [-0.3, -0.25) is 9.69 Å². The minimum atomic E-state index is -0.0350. The highest BCUT2D eigenvalue weighted by Crippen LogP contribution is 2.35. The predicted molar refractivity (Wildman–Crippen MR) is 154 cm³/mol. The number of aromatic nitrogens is 2. The van der Waals surface area contributed by atoms with Crippen LogP contribution in [-0.4, -0.2) is 85.8 Å². The molecule has 0 unspecified atom stereocenters. The molecule has 1 saturated heterocycles. The van der Waals surface area contributed by atoms with Gasteiger partial charge in [0.25, 0.3) is 5.91 Å². The molecule has 206 valence electrons. The quantitative estimate of drug-likeness (QED) is 0.402. The number of carbonyl (C=O) groups is 1. The highest BCUT2D eigenvalue weighted by molar-refractivity contribution is 6.33. The van der Waals surface area contributed by atoms with Crippen LogP contribution in [0.5, 0.6) is 5.75 Å². The minimum Gasteiger partial charge on any atom is -0.494 e. The Morgan fingerprint density at radius 3 is 2.74 bits per heavy atom. The van der Waals surface area contributed by atoms with Gasteiger partial charge in [-0.15, -0.1) is 0 Å². The fourth-order valence-electron chi connectivity index (χ4n) is 5.12. The lowest BCUT2D eigenvalue weighted by Gasteiger charge is -2.41. The third kappa shape index (κ3) is 5.73. The molecular weight excluding hydrogens is 518 g/mol. The molecule has 1 fully saturated rings. The van der Waals surface area contributed by atoms with E-state index < -0.39 is 0 Å². The van der Waals surface area contributed by atoms with Gasteiger partial charge in [-0.25, -0.2) is 4.98 Å². The van der Waals surface area contributed by atoms with Gasteiger partial charge in [0.15, 0.2) is 5.82 Å². The van der Waals surface area contributed by atoms with Gasteiger partial charge in [0.2, 0.25) is 5.95 Å². The molecule has 3 heterocycles. The van der Waals surface area contributed by atoms with Gasteiger partial charge in [-0.1, -0.05) is 23.7 Å². The number of piperazine rings is 1. The first-order chi connectivity index (χ1) is 18.9. The number of nitrogens with zero attached hydrogens (tertiary/aromatic N) is 5. The fourth-order valence-corrected chi connectivity index (χ4v) is 5.26. The van der Waals surface area contributed by atoms with E-state index in [9.17, 15) is 4.79 Å². The maximum absolute atomic E-state index is 12.7. The standard InChI is InChI=1S/C28H34ClN7O3/c1-18-16-36(11-10-35(18)12-13-38-3)20-8-9-22(24(14-20)39-4)32-28-30-15-21(29)26(33-28)31-23-7-5-6-19-17-34(2)27(37)25(19)23/h5-9,14-15,18H,10-13,16-17H2,1-4H3,(H2,30,31,32,33)/t18-/m0/s1. The summed E-state index contributed by atoms with van der Waals surface area (Å²) in [5, 5.41) is 6.83. The second-order valence-corrected chi connectivity index (χ2v) is 10.3. The van der Waals surface area contributed by atoms with Gasteiger partial charge in [0.05, 0.1) is 36.9 Å². The molecule has 10 nitrogen and oxygen atoms in total. The summed E-state index contributed by atoms with van der Waals surface area (Å²) in [6.45, 7) is 7.34. The number of anilines is 5. The number of hydrogen-bond acceptors (Lipinski definition) is 9. The summed E-state index contributed by atoms with van der Waals surface area (Å²) in [5.74, 6) is 1.40. The van der Waals surface area contributed by atoms with E-state index >= 15 is 0 Å². The molecule has 2 aliphatic heterocycles. The largest absolute Gasteiger partial charge is 0.494 e. The minimum absolute atomic E-state index is 0.0350. The van der Waals surface area contributed by atoms with Gasteiger partial charge in [-0.05, 0) is 30.7 Å². The third-order valence-electron chi connectivity index (χ3n) is 7.26. The van der Waals surface area contributed by atoms with Gasteiger partial charge in [0.1, 0.15) is 10.8 Å². The first kappa shape index (κ1) is 27.0. The van der Waals surface area contributed by atoms with E-state index in [0.29, 0.717) is 46.4 Å². The molecule has 5 rings (SSSR count). The van der Waals surface area contributed by atoms with E-state index in [4.69, 9.17) is 21.1 Å². The zero-order valence-corrected chi connectivity index (χ0v) is 23.5. The molecule has 1 aromatic heterocycles. The fraction of sp³-hybridized carbons (Fsp3) is 0.393. The van der Waals surface area contributed by atoms with Crippen molar-refractivity contribution < 1.29 is 14.3 Å². The number of halogens is 1. The van der Waals surface area contributed by atoms with Crippen LogP contribution in [0.4, 0.5) is 28.8 Å². The molecule has 1 amide bonds. The van der Waals surface area contributed by atoms with Crippen molar-refractivity contribution in [3.63, 3.8) is 0 Å². The summed E-state index contributed by atoms with van der Waals surface area (Å²) in [4.78, 5) is 28.1. The first-order valence-corrected chi connectivity index (χ1v) is 13.4. The van der Waals surface area contributed by atoms with Crippen molar-refractivity contribution in [3.05, 3.63) is 58.7 Å². The molecule has 1 atom stereocenters. The molecule has 39 heavy (non-hydrogen) atoms. The first-order valence-electron chi connectivity index (χ1n) is 13.0. The molecule has 0 radical (unpaired) electrons. The van der Waals surface area contributed by atoms with E-state index in [-0.39, 0.29) is 5.91 Å². The lowest BCUT2D eigenvalue weighted by atomic mass is 10.1. The summed E-state index contributed by atoms with van der Waals surface area (Å²) in [5.41, 5.74) is 4.09. The second kappa shape index (κ2) is 11.6. The Labute approximate surface area is 233 Å². The molecule has 0 bridgehead atoms. The number of fused-ring (bicyclic) bond motifs is 1. The van der Waals surface area contributed by atoms with E-state index in [2.05, 4.69) is 43.4 Å². The van der Waals surface area contributed by atoms with Crippen LogP contribution in [0.1, 0.15) is 22.8 Å². The summed E-state index contributed by atoms with van der Waals surface area (Å²) in [6.07, 6.45) is 1.53. The van der Waals surface area contributed by atoms with Crippen molar-refractivity contribution in [1.82, 2.24) is 19.8 Å². The average Bonchev–Trinajstić information content (AvgIpc) is 3.23. The van der Waals surface area contributed by atoms with E-state index in [1.54, 1.807) is 26.2 Å². The Morgan fingerprint density at radius 2 is 1.97 bits per heavy atom. The highest BCUT2D eigenvalue weighted by atomic mass is 35.5. The molecule has 2 N–H and O–H groups in total. The molecule has 0 aliphatic carbocycles. The molecule has 2 aromatic carbocycles. The van der Waals surface area contributed by atoms with Crippen LogP contribution in [-0.2, 0) is 11.3 Å². The number of rotatable bonds is 9. The average molecular weight is 552 g/mol. The number of benzene rings is 2. The number of ether oxygens (including phenoxy) is 2. The van der Waals surface area contributed by atoms with Crippen molar-refractivity contribution in [2.75, 3.05) is 69.6 Å². The molecule has 11 heteroatoms. The van der Waals surface area contributed by atoms with Crippen LogP contribution in [0.3, 0.4) is 0 Å². The number of nitrogens with one attached hydrogen (secondary N) is 2. The summed E-state index contributed by atoms with van der Waals surface area (Å²) >= 11 is 6.43. The lowest BCUT2D eigenvalue weighted by molar-refractivity contribution is 0.0817. The molecule has 2 aliphatic rings. The SMILES string of the molecule is COCCN1CCN(c2ccc(Nc3ncc(Cl)c(Nc4cccc5c4C(=O)N(C)C5)n3)c(OC)c2)C[C@@H]1C. The third-order valence-corrected chi connectivity index (χ3v) is 7.54. The van der Waals surface area contributed by atoms with Gasteiger partial charge in [0, 0.05) is 64.7 Å². The Hall–Kier alpha value is -3.60. The van der Waals surface area contributed by atoms with E-state index in [1.807, 2.05) is 30.3 Å². The maximum atomic E-state index is 12.7. The lowest BCUT2D eigenvalue weighted by Crippen LogP contribution is -2.52. The smallest absolute Gasteiger partial charge is 0.256 e. The summed E-state index contributed by atoms with van der Waals surface area (Å²) in [7, 11) is 5.17. The topological polar surface area (TPSA) is 95.1 Å². The molecule has 0 saturated carbocycles. The Bertz CT molecular complexity index is 1350. The van der Waals surface area contributed by atoms with E-state index in [1.165, 1.54) is 6.20 Å². The van der Waals surface area contributed by atoms with Crippen LogP contribution >= 0.6 is 11.6 Å². The van der Waals surface area contributed by atoms with E-state index in [0.717, 1.165) is 49.7 Å².